The first-order valence-corrected chi connectivity index (χ1v) is 3.40. The fourth-order valence-corrected chi connectivity index (χ4v) is 0.521. The molecule has 0 aromatic rings. The third-order valence-corrected chi connectivity index (χ3v) is 1.23. The predicted molar refractivity (Wildman–Crippen MR) is 37.1 cm³/mol. The Morgan fingerprint density at radius 1 is 1.50 bits per heavy atom. The predicted octanol–water partition coefficient (Wildman–Crippen LogP) is 0.578. The molecule has 0 aliphatic rings. The van der Waals surface area contributed by atoms with Crippen LogP contribution in [0.15, 0.2) is 0 Å². The van der Waals surface area contributed by atoms with E-state index < -0.39 is 12.5 Å². The number of halogens is 2. The molecule has 62 valence electrons. The summed E-state index contributed by atoms with van der Waals surface area (Å²) >= 11 is 0. The lowest BCUT2D eigenvalue weighted by Crippen LogP contribution is -2.33. The van der Waals surface area contributed by atoms with E-state index in [0.717, 1.165) is 6.42 Å². The largest absolute Gasteiger partial charge is 0.330 e. The average Bonchev–Trinajstić information content (AvgIpc) is 1.88. The molecule has 0 aromatic carbocycles. The van der Waals surface area contributed by atoms with E-state index in [0.29, 0.717) is 13.1 Å². The third kappa shape index (κ3) is 4.64. The van der Waals surface area contributed by atoms with Crippen LogP contribution >= 0.6 is 0 Å². The maximum atomic E-state index is 11.8. The van der Waals surface area contributed by atoms with Crippen LogP contribution < -0.4 is 11.1 Å². The van der Waals surface area contributed by atoms with Crippen LogP contribution in [-0.4, -0.2) is 25.6 Å². The Morgan fingerprint density at radius 2 is 2.10 bits per heavy atom. The van der Waals surface area contributed by atoms with Gasteiger partial charge in [-0.1, -0.05) is 0 Å². The molecule has 4 heteroatoms. The number of hydrogen-bond acceptors (Lipinski definition) is 2. The van der Waals surface area contributed by atoms with Crippen LogP contribution in [0, 0.1) is 0 Å². The van der Waals surface area contributed by atoms with Gasteiger partial charge in [0.25, 0.3) is 6.43 Å². The second-order valence-electron chi connectivity index (χ2n) is 2.22. The lowest BCUT2D eigenvalue weighted by atomic mass is 10.3. The first-order valence-electron chi connectivity index (χ1n) is 3.40. The van der Waals surface area contributed by atoms with Crippen molar-refractivity contribution >= 4 is 0 Å². The minimum absolute atomic E-state index is 0.545. The van der Waals surface area contributed by atoms with Gasteiger partial charge in [-0.25, -0.2) is 8.78 Å². The van der Waals surface area contributed by atoms with Crippen LogP contribution in [0.2, 0.25) is 0 Å². The Morgan fingerprint density at radius 3 is 2.50 bits per heavy atom. The van der Waals surface area contributed by atoms with Gasteiger partial charge in [-0.05, 0) is 26.4 Å². The van der Waals surface area contributed by atoms with Crippen molar-refractivity contribution in [3.05, 3.63) is 0 Å². The molecule has 0 heterocycles. The summed E-state index contributed by atoms with van der Waals surface area (Å²) in [6.07, 6.45) is -1.53. The quantitative estimate of drug-likeness (QED) is 0.565. The van der Waals surface area contributed by atoms with Gasteiger partial charge in [0.15, 0.2) is 0 Å². The van der Waals surface area contributed by atoms with Crippen molar-refractivity contribution in [1.29, 1.82) is 0 Å². The second kappa shape index (κ2) is 5.56. The third-order valence-electron chi connectivity index (χ3n) is 1.23. The van der Waals surface area contributed by atoms with Crippen molar-refractivity contribution in [1.82, 2.24) is 5.32 Å². The van der Waals surface area contributed by atoms with Gasteiger partial charge in [0, 0.05) is 0 Å². The van der Waals surface area contributed by atoms with E-state index in [9.17, 15) is 8.78 Å². The number of rotatable bonds is 5. The van der Waals surface area contributed by atoms with Gasteiger partial charge < -0.3 is 11.1 Å². The van der Waals surface area contributed by atoms with Crippen LogP contribution in [0.1, 0.15) is 13.3 Å². The number of alkyl halides is 2. The van der Waals surface area contributed by atoms with E-state index in [1.54, 1.807) is 0 Å². The highest BCUT2D eigenvalue weighted by Crippen LogP contribution is 1.98. The van der Waals surface area contributed by atoms with Crippen LogP contribution in [0.3, 0.4) is 0 Å². The van der Waals surface area contributed by atoms with Crippen molar-refractivity contribution in [3.63, 3.8) is 0 Å². The summed E-state index contributed by atoms with van der Waals surface area (Å²) in [5.41, 5.74) is 5.16. The molecule has 1 atom stereocenters. The minimum Gasteiger partial charge on any atom is -0.330 e. The molecule has 10 heavy (non-hydrogen) atoms. The Hall–Kier alpha value is -0.220. The molecule has 0 fully saturated rings. The lowest BCUT2D eigenvalue weighted by Gasteiger charge is -2.11. The normalized spacial score (nSPS) is 14.1. The van der Waals surface area contributed by atoms with E-state index in [1.807, 2.05) is 0 Å². The van der Waals surface area contributed by atoms with Gasteiger partial charge in [-0.3, -0.25) is 0 Å². The molecule has 2 nitrogen and oxygen atoms in total. The summed E-state index contributed by atoms with van der Waals surface area (Å²) in [6.45, 7) is 2.58. The fourth-order valence-electron chi connectivity index (χ4n) is 0.521. The number of nitrogens with two attached hydrogens (primary N) is 1. The zero-order valence-electron chi connectivity index (χ0n) is 6.11. The molecular formula is C6H14F2N2. The van der Waals surface area contributed by atoms with Gasteiger partial charge in [-0.2, -0.15) is 0 Å². The summed E-state index contributed by atoms with van der Waals surface area (Å²) < 4.78 is 23.5. The first kappa shape index (κ1) is 9.78. The van der Waals surface area contributed by atoms with Crippen LogP contribution in [0.5, 0.6) is 0 Å². The number of hydrogen-bond donors (Lipinski definition) is 2. The summed E-state index contributed by atoms with van der Waals surface area (Å²) in [7, 11) is 0. The molecule has 0 aliphatic heterocycles. The smallest absolute Gasteiger partial charge is 0.253 e. The van der Waals surface area contributed by atoms with Crippen molar-refractivity contribution in [2.75, 3.05) is 13.1 Å². The second-order valence-corrected chi connectivity index (χ2v) is 2.22. The average molecular weight is 152 g/mol. The summed E-state index contributed by atoms with van der Waals surface area (Å²) in [5.74, 6) is 0. The first-order chi connectivity index (χ1) is 4.68. The highest BCUT2D eigenvalue weighted by molar-refractivity contribution is 4.61. The van der Waals surface area contributed by atoms with E-state index in [1.165, 1.54) is 6.92 Å². The van der Waals surface area contributed by atoms with E-state index in [-0.39, 0.29) is 0 Å². The molecular weight excluding hydrogens is 138 g/mol. The number of nitrogens with one attached hydrogen (secondary N) is 1. The van der Waals surface area contributed by atoms with Crippen LogP contribution in [0.4, 0.5) is 8.78 Å². The maximum Gasteiger partial charge on any atom is 0.253 e. The molecule has 0 saturated heterocycles. The van der Waals surface area contributed by atoms with Crippen molar-refractivity contribution in [2.45, 2.75) is 25.8 Å². The topological polar surface area (TPSA) is 38.0 Å². The van der Waals surface area contributed by atoms with Crippen molar-refractivity contribution in [3.8, 4) is 0 Å². The van der Waals surface area contributed by atoms with Crippen LogP contribution in [-0.2, 0) is 0 Å². The Balaban J connectivity index is 3.13. The zero-order chi connectivity index (χ0) is 7.98. The Bertz CT molecular complexity index is 78.1. The van der Waals surface area contributed by atoms with Gasteiger partial charge in [-0.15, -0.1) is 0 Å². The monoisotopic (exact) mass is 152 g/mol. The Kier molecular flexibility index (Phi) is 5.43. The lowest BCUT2D eigenvalue weighted by molar-refractivity contribution is 0.106. The summed E-state index contributed by atoms with van der Waals surface area (Å²) in [5, 5.41) is 2.65. The molecule has 1 unspecified atom stereocenters. The van der Waals surface area contributed by atoms with Crippen molar-refractivity contribution in [2.24, 2.45) is 5.73 Å². The van der Waals surface area contributed by atoms with E-state index >= 15 is 0 Å². The molecule has 0 amide bonds. The molecule has 0 saturated carbocycles. The molecule has 0 spiro atoms. The summed E-state index contributed by atoms with van der Waals surface area (Å²) in [4.78, 5) is 0. The molecule has 0 aliphatic carbocycles. The molecule has 0 bridgehead atoms. The SMILES string of the molecule is CC(NCCCN)C(F)F. The molecule has 0 aromatic heterocycles. The van der Waals surface area contributed by atoms with Gasteiger partial charge in [0.05, 0.1) is 6.04 Å². The molecule has 0 rings (SSSR count). The van der Waals surface area contributed by atoms with E-state index in [2.05, 4.69) is 5.32 Å². The van der Waals surface area contributed by atoms with Crippen LogP contribution in [0.25, 0.3) is 0 Å². The summed E-state index contributed by atoms with van der Waals surface area (Å²) in [6, 6.07) is -0.716. The fraction of sp³-hybridized carbons (Fsp3) is 1.00. The minimum atomic E-state index is -2.28. The van der Waals surface area contributed by atoms with E-state index in [4.69, 9.17) is 5.73 Å². The highest BCUT2D eigenvalue weighted by Gasteiger charge is 2.11. The van der Waals surface area contributed by atoms with Gasteiger partial charge in [0.1, 0.15) is 0 Å². The zero-order valence-corrected chi connectivity index (χ0v) is 6.11. The Labute approximate surface area is 59.8 Å². The molecule has 0 radical (unpaired) electrons. The van der Waals surface area contributed by atoms with Gasteiger partial charge in [0.2, 0.25) is 0 Å². The molecule has 3 N–H and O–H groups in total. The standard InChI is InChI=1S/C6H14F2N2/c1-5(6(7)8)10-4-2-3-9/h5-6,10H,2-4,9H2,1H3. The maximum absolute atomic E-state index is 11.8. The highest BCUT2D eigenvalue weighted by atomic mass is 19.3. The van der Waals surface area contributed by atoms with Crippen molar-refractivity contribution < 1.29 is 8.78 Å². The van der Waals surface area contributed by atoms with Gasteiger partial charge >= 0.3 is 0 Å².